The number of likely N-dealkylation sites (N-methyl/N-ethyl adjacent to an activating group) is 1. The van der Waals surface area contributed by atoms with Crippen molar-refractivity contribution in [3.63, 3.8) is 0 Å². The highest BCUT2D eigenvalue weighted by atomic mass is 31.2. The molecule has 0 saturated carbocycles. The molecule has 0 fully saturated rings. The molecule has 0 N–H and O–H groups in total. The van der Waals surface area contributed by atoms with Crippen molar-refractivity contribution in [1.82, 2.24) is 0 Å². The normalized spacial score (nSPS) is 14.0. The summed E-state index contributed by atoms with van der Waals surface area (Å²) < 4.78 is 33.8. The number of hydrogen-bond acceptors (Lipinski definition) is 8. The van der Waals surface area contributed by atoms with Gasteiger partial charge in [-0.3, -0.25) is 14.2 Å². The number of esters is 2. The number of rotatable bonds is 40. The number of allylic oxidation sites excluding steroid dienone is 8. The number of phosphoric ester groups is 1. The van der Waals surface area contributed by atoms with Crippen LogP contribution in [0.4, 0.5) is 0 Å². The van der Waals surface area contributed by atoms with E-state index >= 15 is 0 Å². The molecule has 0 aliphatic rings. The fraction of sp³-hybridized carbons (Fsp3) is 0.783. The minimum Gasteiger partial charge on any atom is -0.756 e. The summed E-state index contributed by atoms with van der Waals surface area (Å²) in [7, 11) is 1.13. The molecule has 10 heteroatoms. The molecular weight excluding hydrogens is 725 g/mol. The molecule has 0 aliphatic heterocycles. The summed E-state index contributed by atoms with van der Waals surface area (Å²) in [4.78, 5) is 37.5. The van der Waals surface area contributed by atoms with Crippen LogP contribution >= 0.6 is 7.82 Å². The van der Waals surface area contributed by atoms with Gasteiger partial charge >= 0.3 is 11.9 Å². The smallest absolute Gasteiger partial charge is 0.306 e. The highest BCUT2D eigenvalue weighted by molar-refractivity contribution is 7.45. The summed E-state index contributed by atoms with van der Waals surface area (Å²) >= 11 is 0. The van der Waals surface area contributed by atoms with E-state index in [-0.39, 0.29) is 26.1 Å². The van der Waals surface area contributed by atoms with E-state index in [9.17, 15) is 19.0 Å². The van der Waals surface area contributed by atoms with E-state index in [1.54, 1.807) is 0 Å². The van der Waals surface area contributed by atoms with Crippen LogP contribution in [-0.2, 0) is 32.7 Å². The van der Waals surface area contributed by atoms with Gasteiger partial charge in [0.15, 0.2) is 6.10 Å². The van der Waals surface area contributed by atoms with Crippen LogP contribution in [0.3, 0.4) is 0 Å². The van der Waals surface area contributed by atoms with E-state index in [1.165, 1.54) is 83.5 Å². The third-order valence-electron chi connectivity index (χ3n) is 9.32. The molecule has 0 bridgehead atoms. The topological polar surface area (TPSA) is 111 Å². The summed E-state index contributed by atoms with van der Waals surface area (Å²) in [6, 6.07) is 0. The first kappa shape index (κ1) is 54.0. The molecule has 0 aliphatic carbocycles. The molecule has 0 heterocycles. The maximum Gasteiger partial charge on any atom is 0.306 e. The second-order valence-corrected chi connectivity index (χ2v) is 17.5. The van der Waals surface area contributed by atoms with Crippen molar-refractivity contribution in [2.45, 2.75) is 187 Å². The molecule has 0 aromatic heterocycles. The Labute approximate surface area is 343 Å². The van der Waals surface area contributed by atoms with Crippen molar-refractivity contribution in [2.24, 2.45) is 0 Å². The molecule has 326 valence electrons. The summed E-state index contributed by atoms with van der Waals surface area (Å²) in [5.74, 6) is -0.906. The van der Waals surface area contributed by atoms with Gasteiger partial charge in [-0.05, 0) is 70.6 Å². The Kier molecular flexibility index (Phi) is 37.1. The lowest BCUT2D eigenvalue weighted by Gasteiger charge is -2.28. The lowest BCUT2D eigenvalue weighted by molar-refractivity contribution is -0.870. The van der Waals surface area contributed by atoms with Gasteiger partial charge in [-0.1, -0.05) is 146 Å². The van der Waals surface area contributed by atoms with Crippen LogP contribution in [0.15, 0.2) is 48.6 Å². The fourth-order valence-corrected chi connectivity index (χ4v) is 6.51. The highest BCUT2D eigenvalue weighted by Gasteiger charge is 2.21. The first-order valence-corrected chi connectivity index (χ1v) is 23.8. The Morgan fingerprint density at radius 1 is 0.554 bits per heavy atom. The molecule has 0 aromatic carbocycles. The van der Waals surface area contributed by atoms with E-state index in [0.29, 0.717) is 23.9 Å². The van der Waals surface area contributed by atoms with Gasteiger partial charge in [0.1, 0.15) is 19.8 Å². The number of carbonyl (C=O) groups is 2. The second kappa shape index (κ2) is 38.5. The minimum absolute atomic E-state index is 0.0410. The van der Waals surface area contributed by atoms with Crippen LogP contribution in [0, 0.1) is 0 Å². The van der Waals surface area contributed by atoms with Gasteiger partial charge in [0.2, 0.25) is 0 Å². The minimum atomic E-state index is -4.64. The van der Waals surface area contributed by atoms with Crippen molar-refractivity contribution in [1.29, 1.82) is 0 Å². The van der Waals surface area contributed by atoms with E-state index in [4.69, 9.17) is 18.5 Å². The van der Waals surface area contributed by atoms with Crippen molar-refractivity contribution < 1.29 is 42.1 Å². The van der Waals surface area contributed by atoms with Crippen LogP contribution < -0.4 is 4.89 Å². The highest BCUT2D eigenvalue weighted by Crippen LogP contribution is 2.38. The Bertz CT molecular complexity index is 1100. The summed E-state index contributed by atoms with van der Waals surface area (Å²) in [5, 5.41) is 0. The second-order valence-electron chi connectivity index (χ2n) is 16.1. The van der Waals surface area contributed by atoms with Crippen LogP contribution in [0.5, 0.6) is 0 Å². The van der Waals surface area contributed by atoms with E-state index in [1.807, 2.05) is 21.1 Å². The third kappa shape index (κ3) is 41.6. The van der Waals surface area contributed by atoms with E-state index in [0.717, 1.165) is 57.8 Å². The number of quaternary nitrogens is 1. The molecule has 0 aromatic rings. The maximum atomic E-state index is 12.7. The Hall–Kier alpha value is -2.03. The Morgan fingerprint density at radius 3 is 1.50 bits per heavy atom. The van der Waals surface area contributed by atoms with Crippen LogP contribution in [0.2, 0.25) is 0 Å². The molecular formula is C46H84NO8P. The van der Waals surface area contributed by atoms with Crippen LogP contribution in [0.1, 0.15) is 181 Å². The lowest BCUT2D eigenvalue weighted by Crippen LogP contribution is -2.37. The number of phosphoric acid groups is 1. The van der Waals surface area contributed by atoms with Gasteiger partial charge in [0, 0.05) is 12.8 Å². The van der Waals surface area contributed by atoms with E-state index < -0.39 is 32.5 Å². The monoisotopic (exact) mass is 810 g/mol. The summed E-state index contributed by atoms with van der Waals surface area (Å²) in [5.41, 5.74) is 0. The van der Waals surface area contributed by atoms with Crippen molar-refractivity contribution in [3.05, 3.63) is 48.6 Å². The average molecular weight is 810 g/mol. The number of carbonyl (C=O) groups excluding carboxylic acids is 2. The quantitative estimate of drug-likeness (QED) is 0.0198. The summed E-state index contributed by atoms with van der Waals surface area (Å²) in [6.07, 6.45) is 44.3. The number of ether oxygens (including phenoxy) is 2. The molecule has 1 unspecified atom stereocenters. The molecule has 2 atom stereocenters. The Morgan fingerprint density at radius 2 is 0.982 bits per heavy atom. The lowest BCUT2D eigenvalue weighted by atomic mass is 10.1. The zero-order chi connectivity index (χ0) is 41.4. The maximum absolute atomic E-state index is 12.7. The van der Waals surface area contributed by atoms with Gasteiger partial charge in [0.25, 0.3) is 7.82 Å². The molecule has 0 amide bonds. The molecule has 0 radical (unpaired) electrons. The number of nitrogens with zero attached hydrogens (tertiary/aromatic N) is 1. The largest absolute Gasteiger partial charge is 0.756 e. The number of unbranched alkanes of at least 4 members (excludes halogenated alkanes) is 18. The third-order valence-corrected chi connectivity index (χ3v) is 10.3. The molecule has 0 saturated heterocycles. The first-order valence-electron chi connectivity index (χ1n) is 22.3. The van der Waals surface area contributed by atoms with Crippen molar-refractivity contribution in [3.8, 4) is 0 Å². The molecule has 9 nitrogen and oxygen atoms in total. The predicted octanol–water partition coefficient (Wildman–Crippen LogP) is 12.1. The van der Waals surface area contributed by atoms with Gasteiger partial charge in [0.05, 0.1) is 27.7 Å². The zero-order valence-corrected chi connectivity index (χ0v) is 37.5. The van der Waals surface area contributed by atoms with Gasteiger partial charge in [-0.15, -0.1) is 0 Å². The fourth-order valence-electron chi connectivity index (χ4n) is 5.78. The van der Waals surface area contributed by atoms with Gasteiger partial charge in [-0.25, -0.2) is 0 Å². The SMILES string of the molecule is CCCCCCCC/C=C/C/C=C/C/C=C/CCCC(=O)OC[C@H](COP(=O)([O-])OCC[N+](C)(C)C)OC(=O)CCCCCCC/C=C/CCCCCCCC. The van der Waals surface area contributed by atoms with Crippen LogP contribution in [0.25, 0.3) is 0 Å². The van der Waals surface area contributed by atoms with Gasteiger partial charge in [-0.2, -0.15) is 0 Å². The predicted molar refractivity (Wildman–Crippen MR) is 231 cm³/mol. The first-order chi connectivity index (χ1) is 27.0. The van der Waals surface area contributed by atoms with E-state index in [2.05, 4.69) is 62.5 Å². The Balaban J connectivity index is 4.45. The standard InChI is InChI=1S/C46H84NO8P/c1-6-8-10-12-14-16-18-20-22-23-25-26-28-30-32-34-36-38-45(48)52-42-44(43-54-56(50,51)53-41-40-47(3,4)5)55-46(49)39-37-35-33-31-29-27-24-21-19-17-15-13-11-9-7-2/h20-22,24-26,30,32,44H,6-19,23,27-29,31,33-43H2,1-5H3/b22-20+,24-21+,26-25+,32-30+/t44-/m1/s1. The molecule has 56 heavy (non-hydrogen) atoms. The average Bonchev–Trinajstić information content (AvgIpc) is 3.15. The van der Waals surface area contributed by atoms with Crippen molar-refractivity contribution >= 4 is 19.8 Å². The molecule has 0 rings (SSSR count). The number of hydrogen-bond donors (Lipinski definition) is 0. The van der Waals surface area contributed by atoms with Crippen molar-refractivity contribution in [2.75, 3.05) is 47.5 Å². The van der Waals surface area contributed by atoms with Crippen LogP contribution in [-0.4, -0.2) is 70.0 Å². The zero-order valence-electron chi connectivity index (χ0n) is 36.6. The molecule has 0 spiro atoms. The summed E-state index contributed by atoms with van der Waals surface area (Å²) in [6.45, 7) is 4.14. The van der Waals surface area contributed by atoms with Gasteiger partial charge < -0.3 is 27.9 Å².